The van der Waals surface area contributed by atoms with Crippen LogP contribution in [0.4, 0.5) is 10.7 Å². The molecule has 1 aromatic heterocycles. The van der Waals surface area contributed by atoms with Crippen LogP contribution < -0.4 is 16.4 Å². The highest BCUT2D eigenvalue weighted by molar-refractivity contribution is 8.00. The Labute approximate surface area is 165 Å². The molecule has 6 nitrogen and oxygen atoms in total. The normalized spacial score (nSPS) is 13.7. The fourth-order valence-corrected chi connectivity index (χ4v) is 5.21. The highest BCUT2D eigenvalue weighted by Crippen LogP contribution is 2.39. The molecule has 0 saturated heterocycles. The Hall–Kier alpha value is -2.32. The molecule has 1 atom stereocenters. The molecule has 8 heteroatoms. The second kappa shape index (κ2) is 8.14. The molecule has 1 aliphatic carbocycles. The van der Waals surface area contributed by atoms with E-state index in [2.05, 4.69) is 10.6 Å². The number of carbonyl (C=O) groups is 3. The van der Waals surface area contributed by atoms with Gasteiger partial charge in [-0.2, -0.15) is 0 Å². The van der Waals surface area contributed by atoms with Crippen LogP contribution in [0.3, 0.4) is 0 Å². The summed E-state index contributed by atoms with van der Waals surface area (Å²) in [5.74, 6) is -0.789. The largest absolute Gasteiger partial charge is 0.365 e. The third-order valence-electron chi connectivity index (χ3n) is 4.26. The first kappa shape index (κ1) is 19.4. The number of primary amides is 1. The minimum atomic E-state index is -0.487. The number of nitrogens with one attached hydrogen (secondary N) is 2. The summed E-state index contributed by atoms with van der Waals surface area (Å²) in [6.07, 6.45) is 2.79. The van der Waals surface area contributed by atoms with E-state index in [0.29, 0.717) is 16.3 Å². The number of hydrogen-bond acceptors (Lipinski definition) is 5. The molecule has 0 spiro atoms. The number of rotatable bonds is 6. The number of hydrogen-bond donors (Lipinski definition) is 3. The SMILES string of the molecule is CC(=O)Nc1ccc(S[C@@H](C)C(=O)Nc2sc3c(c2C(N)=O)CCC3)cc1. The third-order valence-corrected chi connectivity index (χ3v) is 6.58. The van der Waals surface area contributed by atoms with Crippen molar-refractivity contribution in [2.24, 2.45) is 5.73 Å². The predicted molar refractivity (Wildman–Crippen MR) is 110 cm³/mol. The minimum absolute atomic E-state index is 0.128. The summed E-state index contributed by atoms with van der Waals surface area (Å²) in [7, 11) is 0. The van der Waals surface area contributed by atoms with Gasteiger partial charge in [0, 0.05) is 22.4 Å². The van der Waals surface area contributed by atoms with Crippen molar-refractivity contribution in [3.63, 3.8) is 0 Å². The molecule has 4 N–H and O–H groups in total. The van der Waals surface area contributed by atoms with Crippen molar-refractivity contribution >= 4 is 51.5 Å². The Bertz CT molecular complexity index is 890. The summed E-state index contributed by atoms with van der Waals surface area (Å²) < 4.78 is 0. The Kier molecular flexibility index (Phi) is 5.86. The van der Waals surface area contributed by atoms with Crippen LogP contribution >= 0.6 is 23.1 Å². The molecule has 3 amide bonds. The first-order valence-corrected chi connectivity index (χ1v) is 10.3. The standard InChI is InChI=1S/C19H21N3O3S2/c1-10(26-13-8-6-12(7-9-13)21-11(2)23)18(25)22-19-16(17(20)24)14-4-3-5-15(14)27-19/h6-10H,3-5H2,1-2H3,(H2,20,24)(H,21,23)(H,22,25)/t10-/m0/s1. The first-order chi connectivity index (χ1) is 12.8. The van der Waals surface area contributed by atoms with E-state index in [1.807, 2.05) is 19.1 Å². The van der Waals surface area contributed by atoms with E-state index in [4.69, 9.17) is 5.73 Å². The summed E-state index contributed by atoms with van der Waals surface area (Å²) in [6, 6.07) is 7.30. The quantitative estimate of drug-likeness (QED) is 0.643. The van der Waals surface area contributed by atoms with Gasteiger partial charge >= 0.3 is 0 Å². The van der Waals surface area contributed by atoms with E-state index in [9.17, 15) is 14.4 Å². The summed E-state index contributed by atoms with van der Waals surface area (Å²) in [4.78, 5) is 37.6. The van der Waals surface area contributed by atoms with Crippen LogP contribution in [0.5, 0.6) is 0 Å². The second-order valence-corrected chi connectivity index (χ2v) is 8.90. The highest BCUT2D eigenvalue weighted by atomic mass is 32.2. The number of fused-ring (bicyclic) bond motifs is 1. The summed E-state index contributed by atoms with van der Waals surface area (Å²) in [6.45, 7) is 3.27. The number of benzene rings is 1. The molecule has 0 unspecified atom stereocenters. The van der Waals surface area contributed by atoms with E-state index >= 15 is 0 Å². The predicted octanol–water partition coefficient (Wildman–Crippen LogP) is 3.41. The maximum Gasteiger partial charge on any atom is 0.251 e. The zero-order chi connectivity index (χ0) is 19.6. The average molecular weight is 404 g/mol. The van der Waals surface area contributed by atoms with Crippen molar-refractivity contribution in [3.8, 4) is 0 Å². The molecule has 142 valence electrons. The fourth-order valence-electron chi connectivity index (χ4n) is 3.04. The Morgan fingerprint density at radius 1 is 1.15 bits per heavy atom. The number of thioether (sulfide) groups is 1. The van der Waals surface area contributed by atoms with Crippen LogP contribution in [0.15, 0.2) is 29.2 Å². The molecule has 1 aromatic carbocycles. The van der Waals surface area contributed by atoms with E-state index in [-0.39, 0.29) is 17.1 Å². The van der Waals surface area contributed by atoms with Crippen molar-refractivity contribution < 1.29 is 14.4 Å². The van der Waals surface area contributed by atoms with Crippen molar-refractivity contribution in [2.75, 3.05) is 10.6 Å². The van der Waals surface area contributed by atoms with Crippen molar-refractivity contribution in [1.82, 2.24) is 0 Å². The van der Waals surface area contributed by atoms with Gasteiger partial charge in [0.2, 0.25) is 11.8 Å². The molecule has 1 aliphatic rings. The van der Waals surface area contributed by atoms with Crippen LogP contribution in [0.2, 0.25) is 0 Å². The molecule has 1 heterocycles. The molecular formula is C19H21N3O3S2. The summed E-state index contributed by atoms with van der Waals surface area (Å²) >= 11 is 2.86. The number of aryl methyl sites for hydroxylation is 1. The van der Waals surface area contributed by atoms with E-state index < -0.39 is 5.91 Å². The van der Waals surface area contributed by atoms with Gasteiger partial charge < -0.3 is 16.4 Å². The first-order valence-electron chi connectivity index (χ1n) is 8.64. The van der Waals surface area contributed by atoms with Crippen molar-refractivity contribution in [1.29, 1.82) is 0 Å². The highest BCUT2D eigenvalue weighted by Gasteiger charge is 2.27. The molecule has 0 fully saturated rings. The molecular weight excluding hydrogens is 382 g/mol. The topological polar surface area (TPSA) is 101 Å². The molecule has 0 aliphatic heterocycles. The van der Waals surface area contributed by atoms with Gasteiger partial charge in [-0.1, -0.05) is 0 Å². The molecule has 3 rings (SSSR count). The molecule has 27 heavy (non-hydrogen) atoms. The van der Waals surface area contributed by atoms with Crippen LogP contribution in [-0.4, -0.2) is 23.0 Å². The lowest BCUT2D eigenvalue weighted by Crippen LogP contribution is -2.24. The van der Waals surface area contributed by atoms with Crippen molar-refractivity contribution in [2.45, 2.75) is 43.3 Å². The average Bonchev–Trinajstić information content (AvgIpc) is 3.16. The van der Waals surface area contributed by atoms with Gasteiger partial charge in [-0.25, -0.2) is 0 Å². The number of amides is 3. The summed E-state index contributed by atoms with van der Waals surface area (Å²) in [5, 5.41) is 5.79. The zero-order valence-corrected chi connectivity index (χ0v) is 16.8. The lowest BCUT2D eigenvalue weighted by molar-refractivity contribution is -0.115. The maximum atomic E-state index is 12.6. The van der Waals surface area contributed by atoms with Gasteiger partial charge in [0.1, 0.15) is 5.00 Å². The number of thiophene rings is 1. The van der Waals surface area contributed by atoms with Crippen LogP contribution in [0.25, 0.3) is 0 Å². The zero-order valence-electron chi connectivity index (χ0n) is 15.1. The van der Waals surface area contributed by atoms with Crippen molar-refractivity contribution in [3.05, 3.63) is 40.3 Å². The molecule has 2 aromatic rings. The van der Waals surface area contributed by atoms with E-state index in [1.54, 1.807) is 12.1 Å². The number of carbonyl (C=O) groups excluding carboxylic acids is 3. The van der Waals surface area contributed by atoms with Gasteiger partial charge in [-0.3, -0.25) is 14.4 Å². The van der Waals surface area contributed by atoms with Gasteiger partial charge in [-0.05, 0) is 56.0 Å². The maximum absolute atomic E-state index is 12.6. The molecule has 0 saturated carbocycles. The van der Waals surface area contributed by atoms with Crippen LogP contribution in [-0.2, 0) is 22.4 Å². The van der Waals surface area contributed by atoms with Gasteiger partial charge in [0.15, 0.2) is 0 Å². The number of anilines is 2. The Morgan fingerprint density at radius 3 is 2.48 bits per heavy atom. The Balaban J connectivity index is 1.66. The lowest BCUT2D eigenvalue weighted by atomic mass is 10.1. The second-order valence-electron chi connectivity index (χ2n) is 6.38. The van der Waals surface area contributed by atoms with E-state index in [0.717, 1.165) is 34.6 Å². The molecule has 0 radical (unpaired) electrons. The smallest absolute Gasteiger partial charge is 0.251 e. The third kappa shape index (κ3) is 4.51. The van der Waals surface area contributed by atoms with E-state index in [1.165, 1.54) is 30.0 Å². The molecule has 0 bridgehead atoms. The van der Waals surface area contributed by atoms with Crippen LogP contribution in [0, 0.1) is 0 Å². The Morgan fingerprint density at radius 2 is 1.85 bits per heavy atom. The fraction of sp³-hybridized carbons (Fsp3) is 0.316. The number of nitrogens with two attached hydrogens (primary N) is 1. The van der Waals surface area contributed by atoms with Gasteiger partial charge in [-0.15, -0.1) is 23.1 Å². The van der Waals surface area contributed by atoms with Crippen LogP contribution in [0.1, 0.15) is 41.1 Å². The minimum Gasteiger partial charge on any atom is -0.365 e. The summed E-state index contributed by atoms with van der Waals surface area (Å²) in [5.41, 5.74) is 7.72. The monoisotopic (exact) mass is 403 g/mol. The lowest BCUT2D eigenvalue weighted by Gasteiger charge is -2.12. The van der Waals surface area contributed by atoms with Gasteiger partial charge in [0.25, 0.3) is 5.91 Å². The van der Waals surface area contributed by atoms with Gasteiger partial charge in [0.05, 0.1) is 10.8 Å².